The summed E-state index contributed by atoms with van der Waals surface area (Å²) >= 11 is 0. The van der Waals surface area contributed by atoms with Crippen molar-refractivity contribution in [2.24, 2.45) is 0 Å². The van der Waals surface area contributed by atoms with Crippen molar-refractivity contribution in [3.05, 3.63) is 90.4 Å². The van der Waals surface area contributed by atoms with E-state index >= 15 is 0 Å². The summed E-state index contributed by atoms with van der Waals surface area (Å²) < 4.78 is 14.0. The van der Waals surface area contributed by atoms with Gasteiger partial charge in [-0.3, -0.25) is 0 Å². The molecule has 0 fully saturated rings. The summed E-state index contributed by atoms with van der Waals surface area (Å²) in [4.78, 5) is 2.26. The van der Waals surface area contributed by atoms with Gasteiger partial charge in [0.2, 0.25) is 0 Å². The van der Waals surface area contributed by atoms with E-state index in [2.05, 4.69) is 29.8 Å². The number of benzene rings is 2. The number of halogens is 1. The van der Waals surface area contributed by atoms with E-state index in [0.29, 0.717) is 11.6 Å². The van der Waals surface area contributed by atoms with Crippen LogP contribution in [0.15, 0.2) is 73.5 Å². The van der Waals surface area contributed by atoms with Gasteiger partial charge in [-0.05, 0) is 30.0 Å². The van der Waals surface area contributed by atoms with Gasteiger partial charge in [0.05, 0.1) is 0 Å². The van der Waals surface area contributed by atoms with Crippen molar-refractivity contribution in [1.29, 1.82) is 0 Å². The van der Waals surface area contributed by atoms with E-state index in [1.165, 1.54) is 11.6 Å². The van der Waals surface area contributed by atoms with Gasteiger partial charge < -0.3 is 4.90 Å². The standard InChI is InChI=1S/C20H20FN/c1-2-18-13-12-17(19-10-6-7-11-20(19)21)15-22(18)14-16-8-4-3-5-9-16/h2-11,15,18H,1,12-14H2/t18-/m0/s1. The molecule has 1 aliphatic heterocycles. The summed E-state index contributed by atoms with van der Waals surface area (Å²) in [5.41, 5.74) is 3.02. The van der Waals surface area contributed by atoms with Crippen LogP contribution in [0.4, 0.5) is 4.39 Å². The zero-order chi connectivity index (χ0) is 15.4. The molecule has 3 rings (SSSR count). The summed E-state index contributed by atoms with van der Waals surface area (Å²) in [5, 5.41) is 0. The van der Waals surface area contributed by atoms with Crippen molar-refractivity contribution in [1.82, 2.24) is 4.90 Å². The summed E-state index contributed by atoms with van der Waals surface area (Å²) in [5.74, 6) is -0.148. The lowest BCUT2D eigenvalue weighted by Gasteiger charge is -2.34. The molecule has 112 valence electrons. The fourth-order valence-corrected chi connectivity index (χ4v) is 2.97. The molecule has 0 saturated heterocycles. The van der Waals surface area contributed by atoms with Gasteiger partial charge in [-0.1, -0.05) is 54.6 Å². The fourth-order valence-electron chi connectivity index (χ4n) is 2.97. The molecule has 0 unspecified atom stereocenters. The van der Waals surface area contributed by atoms with Crippen LogP contribution in [0.25, 0.3) is 5.57 Å². The zero-order valence-corrected chi connectivity index (χ0v) is 12.6. The third-order valence-corrected chi connectivity index (χ3v) is 4.16. The van der Waals surface area contributed by atoms with Crippen molar-refractivity contribution in [2.75, 3.05) is 0 Å². The smallest absolute Gasteiger partial charge is 0.130 e. The summed E-state index contributed by atoms with van der Waals surface area (Å²) in [6.07, 6.45) is 5.93. The second-order valence-corrected chi connectivity index (χ2v) is 5.63. The lowest BCUT2D eigenvalue weighted by Crippen LogP contribution is -2.31. The molecule has 0 saturated carbocycles. The molecule has 0 aliphatic carbocycles. The molecule has 1 aliphatic rings. The Labute approximate surface area is 131 Å². The maximum atomic E-state index is 14.0. The van der Waals surface area contributed by atoms with Gasteiger partial charge in [0.15, 0.2) is 0 Å². The third kappa shape index (κ3) is 3.11. The zero-order valence-electron chi connectivity index (χ0n) is 12.6. The van der Waals surface area contributed by atoms with Crippen molar-refractivity contribution >= 4 is 5.57 Å². The quantitative estimate of drug-likeness (QED) is 0.716. The van der Waals surface area contributed by atoms with Crippen LogP contribution < -0.4 is 0 Å². The van der Waals surface area contributed by atoms with Crippen LogP contribution in [-0.2, 0) is 6.54 Å². The molecule has 1 atom stereocenters. The molecule has 2 aromatic rings. The number of hydrogen-bond donors (Lipinski definition) is 0. The number of allylic oxidation sites excluding steroid dienone is 1. The molecule has 2 heteroatoms. The van der Waals surface area contributed by atoms with Gasteiger partial charge >= 0.3 is 0 Å². The minimum Gasteiger partial charge on any atom is -0.366 e. The van der Waals surface area contributed by atoms with Crippen LogP contribution in [0.1, 0.15) is 24.0 Å². The maximum absolute atomic E-state index is 14.0. The van der Waals surface area contributed by atoms with Crippen LogP contribution in [-0.4, -0.2) is 10.9 Å². The summed E-state index contributed by atoms with van der Waals surface area (Å²) in [6.45, 7) is 4.76. The first-order chi connectivity index (χ1) is 10.8. The van der Waals surface area contributed by atoms with E-state index in [1.807, 2.05) is 36.4 Å². The highest BCUT2D eigenvalue weighted by Gasteiger charge is 2.21. The fraction of sp³-hybridized carbons (Fsp3) is 0.200. The monoisotopic (exact) mass is 293 g/mol. The highest BCUT2D eigenvalue weighted by molar-refractivity contribution is 5.66. The number of rotatable bonds is 4. The molecule has 22 heavy (non-hydrogen) atoms. The van der Waals surface area contributed by atoms with Gasteiger partial charge in [0.25, 0.3) is 0 Å². The Morgan fingerprint density at radius 3 is 2.55 bits per heavy atom. The first-order valence-corrected chi connectivity index (χ1v) is 7.66. The predicted molar refractivity (Wildman–Crippen MR) is 89.6 cm³/mol. The van der Waals surface area contributed by atoms with E-state index in [9.17, 15) is 4.39 Å². The Kier molecular flexibility index (Phi) is 4.38. The van der Waals surface area contributed by atoms with Crippen molar-refractivity contribution in [2.45, 2.75) is 25.4 Å². The molecular formula is C20H20FN. The van der Waals surface area contributed by atoms with Gasteiger partial charge in [0.1, 0.15) is 5.82 Å². The Bertz CT molecular complexity index is 675. The largest absolute Gasteiger partial charge is 0.366 e. The van der Waals surface area contributed by atoms with Crippen molar-refractivity contribution in [3.8, 4) is 0 Å². The summed E-state index contributed by atoms with van der Waals surface area (Å²) in [7, 11) is 0. The maximum Gasteiger partial charge on any atom is 0.130 e. The number of nitrogens with zero attached hydrogens (tertiary/aromatic N) is 1. The van der Waals surface area contributed by atoms with Gasteiger partial charge in [-0.25, -0.2) is 4.39 Å². The van der Waals surface area contributed by atoms with E-state index < -0.39 is 0 Å². The molecule has 0 spiro atoms. The Balaban J connectivity index is 1.90. The molecule has 0 aromatic heterocycles. The molecule has 0 bridgehead atoms. The van der Waals surface area contributed by atoms with Crippen molar-refractivity contribution < 1.29 is 4.39 Å². The lowest BCUT2D eigenvalue weighted by molar-refractivity contribution is 0.289. The average molecular weight is 293 g/mol. The molecule has 1 heterocycles. The third-order valence-electron chi connectivity index (χ3n) is 4.16. The van der Waals surface area contributed by atoms with Crippen LogP contribution >= 0.6 is 0 Å². The van der Waals surface area contributed by atoms with Gasteiger partial charge in [0, 0.05) is 24.4 Å². The Morgan fingerprint density at radius 2 is 1.82 bits per heavy atom. The molecule has 2 aromatic carbocycles. The van der Waals surface area contributed by atoms with Crippen LogP contribution in [0, 0.1) is 5.82 Å². The molecular weight excluding hydrogens is 273 g/mol. The highest BCUT2D eigenvalue weighted by atomic mass is 19.1. The summed E-state index contributed by atoms with van der Waals surface area (Å²) in [6, 6.07) is 17.6. The van der Waals surface area contributed by atoms with Crippen LogP contribution in [0.3, 0.4) is 0 Å². The second-order valence-electron chi connectivity index (χ2n) is 5.63. The highest BCUT2D eigenvalue weighted by Crippen LogP contribution is 2.31. The number of hydrogen-bond acceptors (Lipinski definition) is 1. The van der Waals surface area contributed by atoms with E-state index in [0.717, 1.165) is 25.0 Å². The van der Waals surface area contributed by atoms with E-state index in [1.54, 1.807) is 6.07 Å². The Hall–Kier alpha value is -2.35. The SMILES string of the molecule is C=C[C@H]1CCC(c2ccccc2F)=CN1Cc1ccccc1. The predicted octanol–water partition coefficient (Wildman–Crippen LogP) is 5.02. The lowest BCUT2D eigenvalue weighted by atomic mass is 9.94. The minimum atomic E-state index is -0.148. The second kappa shape index (κ2) is 6.61. The molecule has 0 radical (unpaired) electrons. The van der Waals surface area contributed by atoms with E-state index in [4.69, 9.17) is 0 Å². The first kappa shape index (κ1) is 14.6. The Morgan fingerprint density at radius 1 is 1.09 bits per heavy atom. The molecule has 0 amide bonds. The molecule has 1 nitrogen and oxygen atoms in total. The first-order valence-electron chi connectivity index (χ1n) is 7.66. The van der Waals surface area contributed by atoms with Gasteiger partial charge in [-0.2, -0.15) is 0 Å². The van der Waals surface area contributed by atoms with Crippen LogP contribution in [0.5, 0.6) is 0 Å². The van der Waals surface area contributed by atoms with Gasteiger partial charge in [-0.15, -0.1) is 6.58 Å². The molecule has 0 N–H and O–H groups in total. The van der Waals surface area contributed by atoms with Crippen molar-refractivity contribution in [3.63, 3.8) is 0 Å². The normalized spacial score (nSPS) is 18.0. The minimum absolute atomic E-state index is 0.148. The van der Waals surface area contributed by atoms with E-state index in [-0.39, 0.29) is 5.82 Å². The van der Waals surface area contributed by atoms with Crippen LogP contribution in [0.2, 0.25) is 0 Å². The topological polar surface area (TPSA) is 3.24 Å². The average Bonchev–Trinajstić information content (AvgIpc) is 2.56.